The second-order valence-corrected chi connectivity index (χ2v) is 8.58. The molecule has 14 nitrogen and oxygen atoms in total. The lowest BCUT2D eigenvalue weighted by Gasteiger charge is -2.49. The molecule has 0 aliphatic carbocycles. The number of fused-ring (bicyclic) bond motifs is 1. The minimum absolute atomic E-state index is 0.0112. The predicted octanol–water partition coefficient (Wildman–Crippen LogP) is -1.00. The molecule has 5 N–H and O–H groups in total. The number of rotatable bonds is 10. The van der Waals surface area contributed by atoms with Gasteiger partial charge in [0, 0.05) is 11.1 Å². The van der Waals surface area contributed by atoms with Crippen molar-refractivity contribution in [2.24, 2.45) is 5.16 Å². The molecule has 0 radical (unpaired) electrons. The number of hydrogen-bond donors (Lipinski definition) is 4. The van der Waals surface area contributed by atoms with Crippen LogP contribution in [0.4, 0.5) is 5.13 Å². The number of nitrogen functional groups attached to an aromatic ring is 1. The van der Waals surface area contributed by atoms with Crippen molar-refractivity contribution in [2.75, 3.05) is 24.7 Å². The number of oxime groups is 1. The zero-order valence-electron chi connectivity index (χ0n) is 17.1. The number of nitrogens with two attached hydrogens (primary N) is 1. The van der Waals surface area contributed by atoms with Crippen LogP contribution >= 0.6 is 23.1 Å². The highest BCUT2D eigenvalue weighted by Gasteiger charge is 2.54. The first-order valence-electron chi connectivity index (χ1n) is 9.27. The Labute approximate surface area is 199 Å². The van der Waals surface area contributed by atoms with Crippen molar-refractivity contribution in [1.29, 1.82) is 0 Å². The summed E-state index contributed by atoms with van der Waals surface area (Å²) in [6, 6.07) is -1.08. The Bertz CT molecular complexity index is 1130. The van der Waals surface area contributed by atoms with Crippen molar-refractivity contribution in [2.45, 2.75) is 11.4 Å². The number of carboxylic acid groups (broad SMARTS) is 2. The molecule has 2 amide bonds. The minimum Gasteiger partial charge on any atom is -0.479 e. The maximum Gasteiger partial charge on any atom is 0.355 e. The van der Waals surface area contributed by atoms with Crippen LogP contribution < -0.4 is 11.1 Å². The molecular weight excluding hydrogens is 494 g/mol. The van der Waals surface area contributed by atoms with E-state index in [0.717, 1.165) is 16.2 Å². The average Bonchev–Trinajstić information content (AvgIpc) is 3.22. The predicted molar refractivity (Wildman–Crippen MR) is 117 cm³/mol. The van der Waals surface area contributed by atoms with Crippen LogP contribution in [0, 0.1) is 0 Å². The van der Waals surface area contributed by atoms with Gasteiger partial charge in [0.1, 0.15) is 22.8 Å². The molecule has 180 valence electrons. The van der Waals surface area contributed by atoms with Gasteiger partial charge in [-0.05, 0) is 5.57 Å². The topological polar surface area (TPSA) is 211 Å². The van der Waals surface area contributed by atoms with Crippen LogP contribution in [0.15, 0.2) is 34.5 Å². The van der Waals surface area contributed by atoms with Crippen molar-refractivity contribution in [3.63, 3.8) is 0 Å². The molecule has 0 spiro atoms. The molecule has 3 heterocycles. The maximum atomic E-state index is 12.9. The fourth-order valence-corrected chi connectivity index (χ4v) is 4.83. The number of anilines is 1. The molecular formula is C18H17N5O9S2. The van der Waals surface area contributed by atoms with E-state index in [1.165, 1.54) is 23.2 Å². The molecule has 34 heavy (non-hydrogen) atoms. The van der Waals surface area contributed by atoms with Gasteiger partial charge in [-0.15, -0.1) is 23.1 Å². The SMILES string of the molecule is C=CC1=C(C(=O)OCC(=O)O)N2C(=O)C(NC(=O)/C(=N/OCC(=O)O)c3csc(N)n3)[C@H]2SC1. The quantitative estimate of drug-likeness (QED) is 0.129. The summed E-state index contributed by atoms with van der Waals surface area (Å²) in [5.41, 5.74) is 5.42. The van der Waals surface area contributed by atoms with Gasteiger partial charge in [-0.3, -0.25) is 14.5 Å². The van der Waals surface area contributed by atoms with E-state index in [9.17, 15) is 24.0 Å². The van der Waals surface area contributed by atoms with E-state index >= 15 is 0 Å². The lowest BCUT2D eigenvalue weighted by molar-refractivity contribution is -0.157. The van der Waals surface area contributed by atoms with E-state index in [-0.39, 0.29) is 22.3 Å². The first-order valence-corrected chi connectivity index (χ1v) is 11.2. The van der Waals surface area contributed by atoms with Gasteiger partial charge < -0.3 is 30.8 Å². The number of hydrogen-bond acceptors (Lipinski definition) is 12. The Morgan fingerprint density at radius 3 is 2.62 bits per heavy atom. The zero-order valence-corrected chi connectivity index (χ0v) is 18.8. The van der Waals surface area contributed by atoms with Crippen molar-refractivity contribution >= 4 is 63.7 Å². The average molecular weight is 511 g/mol. The first kappa shape index (κ1) is 24.7. The summed E-state index contributed by atoms with van der Waals surface area (Å²) in [7, 11) is 0. The van der Waals surface area contributed by atoms with E-state index in [4.69, 9.17) is 20.7 Å². The number of aromatic nitrogens is 1. The molecule has 0 saturated carbocycles. The smallest absolute Gasteiger partial charge is 0.355 e. The number of esters is 1. The molecule has 1 aromatic rings. The van der Waals surface area contributed by atoms with Gasteiger partial charge >= 0.3 is 17.9 Å². The third-order valence-electron chi connectivity index (χ3n) is 4.37. The largest absolute Gasteiger partial charge is 0.479 e. The van der Waals surface area contributed by atoms with Crippen LogP contribution in [-0.2, 0) is 33.5 Å². The number of amides is 2. The number of allylic oxidation sites excluding steroid dienone is 1. The fraction of sp³-hybridized carbons (Fsp3) is 0.278. The monoisotopic (exact) mass is 511 g/mol. The lowest BCUT2D eigenvalue weighted by Crippen LogP contribution is -2.71. The van der Waals surface area contributed by atoms with Crippen LogP contribution in [0.5, 0.6) is 0 Å². The molecule has 3 rings (SSSR count). The first-order chi connectivity index (χ1) is 16.1. The highest BCUT2D eigenvalue weighted by Crippen LogP contribution is 2.40. The molecule has 1 saturated heterocycles. The van der Waals surface area contributed by atoms with Crippen molar-refractivity contribution in [3.8, 4) is 0 Å². The number of thiazole rings is 1. The summed E-state index contributed by atoms with van der Waals surface area (Å²) < 4.78 is 4.72. The third kappa shape index (κ3) is 5.18. The second-order valence-electron chi connectivity index (χ2n) is 6.59. The van der Waals surface area contributed by atoms with Gasteiger partial charge in [-0.25, -0.2) is 19.4 Å². The van der Waals surface area contributed by atoms with E-state index in [1.54, 1.807) is 0 Å². The number of nitrogens with one attached hydrogen (secondary N) is 1. The van der Waals surface area contributed by atoms with E-state index in [0.29, 0.717) is 5.57 Å². The van der Waals surface area contributed by atoms with E-state index in [2.05, 4.69) is 26.9 Å². The summed E-state index contributed by atoms with van der Waals surface area (Å²) in [4.78, 5) is 69.2. The van der Waals surface area contributed by atoms with Crippen LogP contribution in [0.1, 0.15) is 5.69 Å². The number of carbonyl (C=O) groups excluding carboxylic acids is 3. The van der Waals surface area contributed by atoms with Gasteiger partial charge in [0.25, 0.3) is 11.8 Å². The maximum absolute atomic E-state index is 12.9. The highest BCUT2D eigenvalue weighted by atomic mass is 32.2. The Morgan fingerprint density at radius 2 is 2.03 bits per heavy atom. The Hall–Kier alpha value is -3.92. The fourth-order valence-electron chi connectivity index (χ4n) is 2.95. The van der Waals surface area contributed by atoms with Crippen molar-refractivity contribution in [3.05, 3.63) is 35.0 Å². The third-order valence-corrected chi connectivity index (χ3v) is 6.35. The normalized spacial score (nSPS) is 19.6. The number of β-lactam (4-membered cyclic amide) rings is 1. The van der Waals surface area contributed by atoms with E-state index < -0.39 is 60.1 Å². The zero-order chi connectivity index (χ0) is 25.0. The molecule has 1 aromatic heterocycles. The lowest BCUT2D eigenvalue weighted by atomic mass is 10.0. The Morgan fingerprint density at radius 1 is 1.32 bits per heavy atom. The molecule has 16 heteroatoms. The van der Waals surface area contributed by atoms with Crippen molar-refractivity contribution in [1.82, 2.24) is 15.2 Å². The highest BCUT2D eigenvalue weighted by molar-refractivity contribution is 8.00. The van der Waals surface area contributed by atoms with Crippen LogP contribution in [0.25, 0.3) is 0 Å². The summed E-state index contributed by atoms with van der Waals surface area (Å²) in [5, 5.41) is 24.3. The van der Waals surface area contributed by atoms with Gasteiger partial charge in [-0.2, -0.15) is 0 Å². The number of aliphatic carboxylic acids is 2. The number of nitrogens with zero attached hydrogens (tertiary/aromatic N) is 3. The van der Waals surface area contributed by atoms with Crippen LogP contribution in [-0.4, -0.2) is 85.9 Å². The van der Waals surface area contributed by atoms with Gasteiger partial charge in [0.05, 0.1) is 0 Å². The number of carbonyl (C=O) groups is 5. The second kappa shape index (κ2) is 10.3. The van der Waals surface area contributed by atoms with Crippen LogP contribution in [0.2, 0.25) is 0 Å². The van der Waals surface area contributed by atoms with Crippen LogP contribution in [0.3, 0.4) is 0 Å². The van der Waals surface area contributed by atoms with Crippen molar-refractivity contribution < 1.29 is 43.8 Å². The molecule has 0 aromatic carbocycles. The van der Waals surface area contributed by atoms with E-state index in [1.807, 2.05) is 0 Å². The Balaban J connectivity index is 1.78. The number of carboxylic acids is 2. The molecule has 0 bridgehead atoms. The Kier molecular flexibility index (Phi) is 7.52. The molecule has 2 aliphatic rings. The number of ether oxygens (including phenoxy) is 1. The number of thioether (sulfide) groups is 1. The summed E-state index contributed by atoms with van der Waals surface area (Å²) >= 11 is 2.24. The van der Waals surface area contributed by atoms with Gasteiger partial charge in [0.15, 0.2) is 17.5 Å². The summed E-state index contributed by atoms with van der Waals surface area (Å²) in [6.07, 6.45) is 1.36. The molecule has 2 aliphatic heterocycles. The molecule has 2 atom stereocenters. The standard InChI is InChI=1S/C18H17N5O9S2/c1-2-7-5-33-16-12(15(29)23(16)13(7)17(30)31-3-9(24)25)21-14(28)11(22-32-4-10(26)27)8-6-34-18(19)20-8/h2,6,12,16H,1,3-5H2,(H2,19,20)(H,21,28)(H,24,25)(H,26,27)/b22-11+/t12?,16-/m1/s1. The van der Waals surface area contributed by atoms with Gasteiger partial charge in [-0.1, -0.05) is 17.8 Å². The summed E-state index contributed by atoms with van der Waals surface area (Å²) in [5.74, 6) is -5.00. The summed E-state index contributed by atoms with van der Waals surface area (Å²) in [6.45, 7) is 1.89. The van der Waals surface area contributed by atoms with Gasteiger partial charge in [0.2, 0.25) is 6.61 Å². The molecule has 1 fully saturated rings. The molecule has 1 unspecified atom stereocenters. The minimum atomic E-state index is -1.37.